The van der Waals surface area contributed by atoms with Crippen molar-refractivity contribution >= 4 is 40.6 Å². The molecule has 2 nitrogen and oxygen atoms in total. The van der Waals surface area contributed by atoms with E-state index < -0.39 is 0 Å². The molecule has 0 spiro atoms. The smallest absolute Gasteiger partial charge is 0.196 e. The van der Waals surface area contributed by atoms with Crippen LogP contribution in [-0.2, 0) is 0 Å². The van der Waals surface area contributed by atoms with Gasteiger partial charge in [-0.3, -0.25) is 4.79 Å². The van der Waals surface area contributed by atoms with Crippen LogP contribution >= 0.6 is 34.8 Å². The van der Waals surface area contributed by atoms with Crippen molar-refractivity contribution in [2.75, 3.05) is 0 Å². The summed E-state index contributed by atoms with van der Waals surface area (Å²) in [6.07, 6.45) is 3.39. The van der Waals surface area contributed by atoms with Crippen molar-refractivity contribution in [3.63, 3.8) is 0 Å². The molecular weight excluding hydrogens is 341 g/mol. The van der Waals surface area contributed by atoms with Crippen molar-refractivity contribution in [2.45, 2.75) is 0 Å². The van der Waals surface area contributed by atoms with Crippen molar-refractivity contribution in [1.29, 1.82) is 0 Å². The third-order valence-electron chi connectivity index (χ3n) is 3.33. The van der Waals surface area contributed by atoms with Crippen LogP contribution < -0.4 is 0 Å². The van der Waals surface area contributed by atoms with E-state index in [-0.39, 0.29) is 5.78 Å². The van der Waals surface area contributed by atoms with Gasteiger partial charge in [-0.25, -0.2) is 0 Å². The Bertz CT molecular complexity index is 855. The molecule has 1 N–H and O–H groups in total. The Morgan fingerprint density at radius 3 is 2.32 bits per heavy atom. The Labute approximate surface area is 142 Å². The van der Waals surface area contributed by atoms with Gasteiger partial charge >= 0.3 is 0 Å². The van der Waals surface area contributed by atoms with Gasteiger partial charge in [0, 0.05) is 44.7 Å². The minimum Gasteiger partial charge on any atom is -0.366 e. The molecule has 0 saturated heterocycles. The molecule has 0 amide bonds. The normalized spacial score (nSPS) is 10.7. The molecule has 0 bridgehead atoms. The van der Waals surface area contributed by atoms with Gasteiger partial charge in [0.2, 0.25) is 0 Å². The van der Waals surface area contributed by atoms with E-state index in [2.05, 4.69) is 4.98 Å². The fraction of sp³-hybridized carbons (Fsp3) is 0. The summed E-state index contributed by atoms with van der Waals surface area (Å²) in [6, 6.07) is 12.2. The molecule has 0 saturated carbocycles. The summed E-state index contributed by atoms with van der Waals surface area (Å²) < 4.78 is 0. The molecule has 0 fully saturated rings. The number of hydrogen-bond acceptors (Lipinski definition) is 1. The molecule has 110 valence electrons. The summed E-state index contributed by atoms with van der Waals surface area (Å²) in [5.74, 6) is -0.183. The molecule has 0 unspecified atom stereocenters. The molecule has 0 aliphatic rings. The number of hydrogen-bond donors (Lipinski definition) is 1. The van der Waals surface area contributed by atoms with E-state index in [0.29, 0.717) is 26.2 Å². The van der Waals surface area contributed by atoms with Crippen molar-refractivity contribution in [3.05, 3.63) is 81.1 Å². The second-order valence-electron chi connectivity index (χ2n) is 4.72. The first-order valence-electron chi connectivity index (χ1n) is 6.49. The van der Waals surface area contributed by atoms with Crippen LogP contribution in [0.5, 0.6) is 0 Å². The van der Waals surface area contributed by atoms with E-state index in [1.807, 2.05) is 18.2 Å². The second kappa shape index (κ2) is 6.17. The Balaban J connectivity index is 2.09. The lowest BCUT2D eigenvalue weighted by molar-refractivity contribution is 0.103. The summed E-state index contributed by atoms with van der Waals surface area (Å²) in [5, 5.41) is 1.39. The van der Waals surface area contributed by atoms with E-state index >= 15 is 0 Å². The maximum atomic E-state index is 12.8. The van der Waals surface area contributed by atoms with Gasteiger partial charge in [-0.15, -0.1) is 0 Å². The number of rotatable bonds is 3. The number of H-pyrrole nitrogens is 1. The summed E-state index contributed by atoms with van der Waals surface area (Å²) in [5.41, 5.74) is 2.44. The fourth-order valence-corrected chi connectivity index (χ4v) is 3.00. The third kappa shape index (κ3) is 2.78. The van der Waals surface area contributed by atoms with Crippen LogP contribution in [0.4, 0.5) is 0 Å². The molecule has 22 heavy (non-hydrogen) atoms. The van der Waals surface area contributed by atoms with E-state index in [4.69, 9.17) is 34.8 Å². The monoisotopic (exact) mass is 349 g/mol. The van der Waals surface area contributed by atoms with Crippen molar-refractivity contribution in [3.8, 4) is 11.1 Å². The summed E-state index contributed by atoms with van der Waals surface area (Å²) in [6.45, 7) is 0. The quantitative estimate of drug-likeness (QED) is 0.588. The molecule has 3 aromatic rings. The van der Waals surface area contributed by atoms with Crippen LogP contribution in [0.25, 0.3) is 11.1 Å². The highest BCUT2D eigenvalue weighted by Gasteiger charge is 2.19. The van der Waals surface area contributed by atoms with Gasteiger partial charge in [0.25, 0.3) is 0 Å². The van der Waals surface area contributed by atoms with Gasteiger partial charge < -0.3 is 4.98 Å². The number of carbonyl (C=O) groups is 1. The average Bonchev–Trinajstić information content (AvgIpc) is 2.96. The summed E-state index contributed by atoms with van der Waals surface area (Å²) in [4.78, 5) is 15.7. The van der Waals surface area contributed by atoms with E-state index in [0.717, 1.165) is 11.1 Å². The Morgan fingerprint density at radius 1 is 0.818 bits per heavy atom. The Kier molecular flexibility index (Phi) is 4.25. The second-order valence-corrected chi connectivity index (χ2v) is 5.97. The van der Waals surface area contributed by atoms with Crippen LogP contribution in [0, 0.1) is 0 Å². The summed E-state index contributed by atoms with van der Waals surface area (Å²) >= 11 is 18.2. The molecule has 0 radical (unpaired) electrons. The highest BCUT2D eigenvalue weighted by molar-refractivity contribution is 6.38. The minimum atomic E-state index is -0.183. The molecule has 0 aliphatic carbocycles. The van der Waals surface area contributed by atoms with Crippen molar-refractivity contribution in [2.24, 2.45) is 0 Å². The zero-order valence-corrected chi connectivity index (χ0v) is 13.5. The van der Waals surface area contributed by atoms with Crippen LogP contribution in [0.15, 0.2) is 54.9 Å². The van der Waals surface area contributed by atoms with Crippen molar-refractivity contribution in [1.82, 2.24) is 4.98 Å². The lowest BCUT2D eigenvalue weighted by Crippen LogP contribution is -2.02. The van der Waals surface area contributed by atoms with Gasteiger partial charge in [0.15, 0.2) is 5.78 Å². The number of nitrogens with one attached hydrogen (secondary N) is 1. The predicted octanol–water partition coefficient (Wildman–Crippen LogP) is 5.87. The fourth-order valence-electron chi connectivity index (χ4n) is 2.27. The predicted molar refractivity (Wildman–Crippen MR) is 91.1 cm³/mol. The number of halogens is 3. The van der Waals surface area contributed by atoms with Crippen LogP contribution in [0.2, 0.25) is 15.1 Å². The van der Waals surface area contributed by atoms with E-state index in [1.165, 1.54) is 0 Å². The van der Waals surface area contributed by atoms with Gasteiger partial charge in [-0.05, 0) is 24.3 Å². The zero-order chi connectivity index (χ0) is 15.7. The topological polar surface area (TPSA) is 32.9 Å². The molecule has 1 aromatic heterocycles. The number of benzene rings is 2. The third-order valence-corrected chi connectivity index (χ3v) is 4.21. The first-order valence-corrected chi connectivity index (χ1v) is 7.63. The lowest BCUT2D eigenvalue weighted by Gasteiger charge is -2.07. The summed E-state index contributed by atoms with van der Waals surface area (Å²) in [7, 11) is 0. The van der Waals surface area contributed by atoms with Gasteiger partial charge in [-0.1, -0.05) is 53.0 Å². The first-order chi connectivity index (χ1) is 10.6. The molecule has 3 rings (SSSR count). The Hall–Kier alpha value is -1.74. The standard InChI is InChI=1S/C17H10Cl3NO/c18-10-5-6-12(16(20)7-10)17(22)14-9-21-8-13(14)11-3-1-2-4-15(11)19/h1-9,21H. The maximum Gasteiger partial charge on any atom is 0.196 e. The van der Waals surface area contributed by atoms with Gasteiger partial charge in [-0.2, -0.15) is 0 Å². The van der Waals surface area contributed by atoms with E-state index in [9.17, 15) is 4.79 Å². The van der Waals surface area contributed by atoms with Gasteiger partial charge in [0.05, 0.1) is 5.02 Å². The highest BCUT2D eigenvalue weighted by atomic mass is 35.5. The SMILES string of the molecule is O=C(c1ccc(Cl)cc1Cl)c1c[nH]cc1-c1ccccc1Cl. The van der Waals surface area contributed by atoms with Crippen LogP contribution in [-0.4, -0.2) is 10.8 Å². The number of ketones is 1. The molecular formula is C17H10Cl3NO. The highest BCUT2D eigenvalue weighted by Crippen LogP contribution is 2.32. The molecule has 1 heterocycles. The maximum absolute atomic E-state index is 12.8. The molecule has 0 atom stereocenters. The Morgan fingerprint density at radius 2 is 1.59 bits per heavy atom. The first kappa shape index (κ1) is 15.2. The lowest BCUT2D eigenvalue weighted by atomic mass is 9.98. The number of carbonyl (C=O) groups excluding carboxylic acids is 1. The average molecular weight is 351 g/mol. The molecule has 5 heteroatoms. The largest absolute Gasteiger partial charge is 0.366 e. The van der Waals surface area contributed by atoms with Crippen LogP contribution in [0.1, 0.15) is 15.9 Å². The number of aromatic nitrogens is 1. The zero-order valence-electron chi connectivity index (χ0n) is 11.2. The van der Waals surface area contributed by atoms with Crippen molar-refractivity contribution < 1.29 is 4.79 Å². The minimum absolute atomic E-state index is 0.183. The van der Waals surface area contributed by atoms with E-state index in [1.54, 1.807) is 36.7 Å². The molecule has 0 aliphatic heterocycles. The number of aromatic amines is 1. The molecule has 2 aromatic carbocycles. The van der Waals surface area contributed by atoms with Gasteiger partial charge in [0.1, 0.15) is 0 Å². The van der Waals surface area contributed by atoms with Crippen LogP contribution in [0.3, 0.4) is 0 Å².